The molecule has 0 N–H and O–H groups in total. The summed E-state index contributed by atoms with van der Waals surface area (Å²) in [4.78, 5) is 2.59. The SMILES string of the molecule is COCCO[C@@H]1CCN([C@H]2CCOC2)[C@H]1Cc1cnn(C)c1. The van der Waals surface area contributed by atoms with Gasteiger partial charge in [0.1, 0.15) is 0 Å². The second kappa shape index (κ2) is 7.55. The van der Waals surface area contributed by atoms with Crippen molar-refractivity contribution >= 4 is 0 Å². The number of hydrogen-bond donors (Lipinski definition) is 0. The Morgan fingerprint density at radius 3 is 2.95 bits per heavy atom. The first-order valence-electron chi connectivity index (χ1n) is 8.19. The van der Waals surface area contributed by atoms with Gasteiger partial charge >= 0.3 is 0 Å². The van der Waals surface area contributed by atoms with E-state index >= 15 is 0 Å². The average Bonchev–Trinajstić information content (AvgIpc) is 3.22. The molecule has 6 nitrogen and oxygen atoms in total. The van der Waals surface area contributed by atoms with Crippen LogP contribution < -0.4 is 0 Å². The third-order valence-electron chi connectivity index (χ3n) is 4.72. The first kappa shape index (κ1) is 15.9. The maximum atomic E-state index is 6.09. The Bertz CT molecular complexity index is 459. The Morgan fingerprint density at radius 2 is 2.27 bits per heavy atom. The predicted octanol–water partition coefficient (Wildman–Crippen LogP) is 0.857. The van der Waals surface area contributed by atoms with E-state index in [1.54, 1.807) is 7.11 Å². The zero-order chi connectivity index (χ0) is 15.4. The molecule has 3 rings (SSSR count). The number of aryl methyl sites for hydroxylation is 1. The number of nitrogens with zero attached hydrogens (tertiary/aromatic N) is 3. The van der Waals surface area contributed by atoms with Crippen molar-refractivity contribution in [1.29, 1.82) is 0 Å². The molecular weight excluding hydrogens is 282 g/mol. The van der Waals surface area contributed by atoms with Crippen LogP contribution in [-0.4, -0.2) is 73.0 Å². The molecule has 2 aliphatic heterocycles. The lowest BCUT2D eigenvalue weighted by molar-refractivity contribution is -0.00620. The van der Waals surface area contributed by atoms with Crippen molar-refractivity contribution in [3.05, 3.63) is 18.0 Å². The van der Waals surface area contributed by atoms with Gasteiger partial charge in [-0.3, -0.25) is 9.58 Å². The fourth-order valence-electron chi connectivity index (χ4n) is 3.63. The Balaban J connectivity index is 1.66. The highest BCUT2D eigenvalue weighted by atomic mass is 16.5. The molecule has 6 heteroatoms. The van der Waals surface area contributed by atoms with E-state index in [1.807, 2.05) is 17.9 Å². The second-order valence-corrected chi connectivity index (χ2v) is 6.24. The van der Waals surface area contributed by atoms with Crippen LogP contribution >= 0.6 is 0 Å². The van der Waals surface area contributed by atoms with Crippen molar-refractivity contribution in [2.45, 2.75) is 37.5 Å². The lowest BCUT2D eigenvalue weighted by Gasteiger charge is -2.31. The molecule has 0 amide bonds. The maximum Gasteiger partial charge on any atom is 0.0746 e. The molecular formula is C16H27N3O3. The second-order valence-electron chi connectivity index (χ2n) is 6.24. The van der Waals surface area contributed by atoms with Crippen molar-refractivity contribution in [1.82, 2.24) is 14.7 Å². The van der Waals surface area contributed by atoms with Gasteiger partial charge in [0.25, 0.3) is 0 Å². The molecule has 0 unspecified atom stereocenters. The summed E-state index contributed by atoms with van der Waals surface area (Å²) in [6.45, 7) is 4.16. The Labute approximate surface area is 132 Å². The van der Waals surface area contributed by atoms with Crippen LogP contribution in [0, 0.1) is 0 Å². The third kappa shape index (κ3) is 3.68. The standard InChI is InChI=1S/C16H27N3O3/c1-18-11-13(10-17-18)9-15-16(22-8-7-20-2)3-5-19(15)14-4-6-21-12-14/h10-11,14-16H,3-9,12H2,1-2H3/t14-,15-,16+/m0/s1. The topological polar surface area (TPSA) is 48.8 Å². The Kier molecular flexibility index (Phi) is 5.46. The molecule has 2 saturated heterocycles. The molecule has 3 heterocycles. The van der Waals surface area contributed by atoms with Crippen molar-refractivity contribution in [3.63, 3.8) is 0 Å². The van der Waals surface area contributed by atoms with Crippen LogP contribution in [0.5, 0.6) is 0 Å². The van der Waals surface area contributed by atoms with E-state index in [9.17, 15) is 0 Å². The highest BCUT2D eigenvalue weighted by molar-refractivity contribution is 5.09. The van der Waals surface area contributed by atoms with Crippen molar-refractivity contribution in [2.75, 3.05) is 40.1 Å². The summed E-state index contributed by atoms with van der Waals surface area (Å²) >= 11 is 0. The number of methoxy groups -OCH3 is 1. The van der Waals surface area contributed by atoms with E-state index < -0.39 is 0 Å². The number of likely N-dealkylation sites (tertiary alicyclic amines) is 1. The molecule has 0 aliphatic carbocycles. The molecule has 2 aliphatic rings. The quantitative estimate of drug-likeness (QED) is 0.699. The van der Waals surface area contributed by atoms with Gasteiger partial charge in [-0.05, 0) is 24.8 Å². The molecule has 0 radical (unpaired) electrons. The summed E-state index contributed by atoms with van der Waals surface area (Å²) in [5, 5.41) is 4.29. The summed E-state index contributed by atoms with van der Waals surface area (Å²) in [5.74, 6) is 0. The van der Waals surface area contributed by atoms with Crippen LogP contribution in [0.15, 0.2) is 12.4 Å². The highest BCUT2D eigenvalue weighted by Crippen LogP contribution is 2.29. The van der Waals surface area contributed by atoms with Crippen LogP contribution in [0.4, 0.5) is 0 Å². The molecule has 0 saturated carbocycles. The van der Waals surface area contributed by atoms with E-state index in [2.05, 4.69) is 16.2 Å². The van der Waals surface area contributed by atoms with Gasteiger partial charge in [0.2, 0.25) is 0 Å². The van der Waals surface area contributed by atoms with Crippen molar-refractivity contribution in [2.24, 2.45) is 7.05 Å². The van der Waals surface area contributed by atoms with E-state index in [4.69, 9.17) is 14.2 Å². The normalized spacial score (nSPS) is 29.5. The highest BCUT2D eigenvalue weighted by Gasteiger charge is 2.39. The lowest BCUT2D eigenvalue weighted by Crippen LogP contribution is -2.44. The van der Waals surface area contributed by atoms with Gasteiger partial charge in [-0.15, -0.1) is 0 Å². The molecule has 1 aromatic heterocycles. The Morgan fingerprint density at radius 1 is 1.36 bits per heavy atom. The molecule has 0 bridgehead atoms. The van der Waals surface area contributed by atoms with Crippen molar-refractivity contribution in [3.8, 4) is 0 Å². The number of ether oxygens (including phenoxy) is 3. The largest absolute Gasteiger partial charge is 0.382 e. The van der Waals surface area contributed by atoms with E-state index in [0.717, 1.165) is 39.0 Å². The average molecular weight is 309 g/mol. The third-order valence-corrected chi connectivity index (χ3v) is 4.72. The summed E-state index contributed by atoms with van der Waals surface area (Å²) in [5.41, 5.74) is 1.28. The molecule has 3 atom stereocenters. The van der Waals surface area contributed by atoms with Gasteiger partial charge in [-0.1, -0.05) is 0 Å². The van der Waals surface area contributed by atoms with Crippen LogP contribution in [0.2, 0.25) is 0 Å². The summed E-state index contributed by atoms with van der Waals surface area (Å²) in [7, 11) is 3.68. The minimum absolute atomic E-state index is 0.274. The van der Waals surface area contributed by atoms with E-state index in [0.29, 0.717) is 25.3 Å². The molecule has 2 fully saturated rings. The summed E-state index contributed by atoms with van der Waals surface area (Å²) in [6.07, 6.45) is 7.55. The molecule has 0 spiro atoms. The molecule has 0 aromatic carbocycles. The summed E-state index contributed by atoms with van der Waals surface area (Å²) in [6, 6.07) is 0.949. The minimum atomic E-state index is 0.274. The number of aromatic nitrogens is 2. The minimum Gasteiger partial charge on any atom is -0.382 e. The molecule has 1 aromatic rings. The first-order valence-corrected chi connectivity index (χ1v) is 8.19. The number of hydrogen-bond acceptors (Lipinski definition) is 5. The smallest absolute Gasteiger partial charge is 0.0746 e. The predicted molar refractivity (Wildman–Crippen MR) is 82.9 cm³/mol. The first-order chi connectivity index (χ1) is 10.8. The van der Waals surface area contributed by atoms with Crippen LogP contribution in [0.3, 0.4) is 0 Å². The maximum absolute atomic E-state index is 6.09. The monoisotopic (exact) mass is 309 g/mol. The fraction of sp³-hybridized carbons (Fsp3) is 0.812. The van der Waals surface area contributed by atoms with Gasteiger partial charge in [0.05, 0.1) is 32.1 Å². The number of rotatable bonds is 7. The Hall–Kier alpha value is -0.950. The van der Waals surface area contributed by atoms with E-state index in [1.165, 1.54) is 5.56 Å². The van der Waals surface area contributed by atoms with Crippen LogP contribution in [-0.2, 0) is 27.7 Å². The van der Waals surface area contributed by atoms with Gasteiger partial charge in [-0.2, -0.15) is 5.10 Å². The van der Waals surface area contributed by atoms with E-state index in [-0.39, 0.29) is 6.10 Å². The zero-order valence-electron chi connectivity index (χ0n) is 13.6. The van der Waals surface area contributed by atoms with Gasteiger partial charge in [-0.25, -0.2) is 0 Å². The van der Waals surface area contributed by atoms with Gasteiger partial charge in [0, 0.05) is 45.6 Å². The van der Waals surface area contributed by atoms with Crippen molar-refractivity contribution < 1.29 is 14.2 Å². The molecule has 22 heavy (non-hydrogen) atoms. The van der Waals surface area contributed by atoms with Gasteiger partial charge in [0.15, 0.2) is 0 Å². The fourth-order valence-corrected chi connectivity index (χ4v) is 3.63. The van der Waals surface area contributed by atoms with Crippen LogP contribution in [0.1, 0.15) is 18.4 Å². The van der Waals surface area contributed by atoms with Crippen LogP contribution in [0.25, 0.3) is 0 Å². The van der Waals surface area contributed by atoms with Gasteiger partial charge < -0.3 is 14.2 Å². The lowest BCUT2D eigenvalue weighted by atomic mass is 10.0. The summed E-state index contributed by atoms with van der Waals surface area (Å²) < 4.78 is 18.7. The molecule has 124 valence electrons. The zero-order valence-corrected chi connectivity index (χ0v) is 13.6.